The van der Waals surface area contributed by atoms with Gasteiger partial charge < -0.3 is 9.47 Å². The van der Waals surface area contributed by atoms with E-state index >= 15 is 0 Å². The molecule has 2 atom stereocenters. The van der Waals surface area contributed by atoms with E-state index in [9.17, 15) is 0 Å². The molecule has 2 nitrogen and oxygen atoms in total. The molecule has 0 aromatic heterocycles. The highest BCUT2D eigenvalue weighted by Gasteiger charge is 2.51. The molecule has 13 heavy (non-hydrogen) atoms. The summed E-state index contributed by atoms with van der Waals surface area (Å²) in [6.07, 6.45) is 9.14. The van der Waals surface area contributed by atoms with Gasteiger partial charge in [0, 0.05) is 13.2 Å². The molecule has 3 aliphatic rings. The maximum absolute atomic E-state index is 6.09. The van der Waals surface area contributed by atoms with Crippen LogP contribution in [0.1, 0.15) is 32.1 Å². The van der Waals surface area contributed by atoms with Crippen LogP contribution in [0.5, 0.6) is 0 Å². The minimum atomic E-state index is 0.175. The molecular weight excluding hydrogens is 164 g/mol. The average molecular weight is 181 g/mol. The van der Waals surface area contributed by atoms with Crippen LogP contribution in [0.3, 0.4) is 0 Å². The second-order valence-electron chi connectivity index (χ2n) is 4.56. The highest BCUT2D eigenvalue weighted by Crippen LogP contribution is 2.49. The average Bonchev–Trinajstić information content (AvgIpc) is 2.80. The van der Waals surface area contributed by atoms with Crippen LogP contribution in [0.25, 0.3) is 0 Å². The first kappa shape index (κ1) is 8.25. The van der Waals surface area contributed by atoms with Gasteiger partial charge in [-0.15, -0.1) is 0 Å². The van der Waals surface area contributed by atoms with Crippen molar-refractivity contribution in [3.63, 3.8) is 0 Å². The lowest BCUT2D eigenvalue weighted by Gasteiger charge is -2.36. The van der Waals surface area contributed by atoms with Crippen LogP contribution in [0.2, 0.25) is 0 Å². The smallest absolute Gasteiger partial charge is 0.0749 e. The Morgan fingerprint density at radius 3 is 2.54 bits per heavy atom. The minimum absolute atomic E-state index is 0.175. The summed E-state index contributed by atoms with van der Waals surface area (Å²) < 4.78 is 11.5. The van der Waals surface area contributed by atoms with Gasteiger partial charge in [-0.1, -0.05) is 0 Å². The van der Waals surface area contributed by atoms with Gasteiger partial charge in [-0.3, -0.25) is 0 Å². The second-order valence-corrected chi connectivity index (χ2v) is 4.56. The molecule has 3 aliphatic heterocycles. The van der Waals surface area contributed by atoms with Gasteiger partial charge in [-0.2, -0.15) is 0 Å². The van der Waals surface area contributed by atoms with E-state index in [2.05, 4.69) is 6.42 Å². The van der Waals surface area contributed by atoms with E-state index < -0.39 is 0 Å². The summed E-state index contributed by atoms with van der Waals surface area (Å²) in [6, 6.07) is 0. The summed E-state index contributed by atoms with van der Waals surface area (Å²) in [4.78, 5) is 0. The fourth-order valence-corrected chi connectivity index (χ4v) is 3.12. The highest BCUT2D eigenvalue weighted by atomic mass is 16.5. The van der Waals surface area contributed by atoms with Crippen LogP contribution < -0.4 is 0 Å². The zero-order valence-electron chi connectivity index (χ0n) is 8.00. The van der Waals surface area contributed by atoms with Crippen molar-refractivity contribution in [3.05, 3.63) is 6.42 Å². The number of hydrogen-bond acceptors (Lipinski definition) is 2. The molecule has 0 saturated carbocycles. The Morgan fingerprint density at radius 1 is 1.15 bits per heavy atom. The lowest BCUT2D eigenvalue weighted by atomic mass is 9.75. The molecule has 0 aliphatic carbocycles. The van der Waals surface area contributed by atoms with Crippen LogP contribution in [0.15, 0.2) is 0 Å². The Kier molecular flexibility index (Phi) is 1.88. The quantitative estimate of drug-likeness (QED) is 0.615. The molecule has 3 saturated heterocycles. The molecule has 1 radical (unpaired) electrons. The summed E-state index contributed by atoms with van der Waals surface area (Å²) in [6.45, 7) is 1.88. The van der Waals surface area contributed by atoms with E-state index in [1.165, 1.54) is 32.1 Å². The fourth-order valence-electron chi connectivity index (χ4n) is 3.12. The topological polar surface area (TPSA) is 18.5 Å². The normalized spacial score (nSPS) is 45.7. The van der Waals surface area contributed by atoms with E-state index in [0.717, 1.165) is 19.1 Å². The number of ether oxygens (including phenoxy) is 2. The van der Waals surface area contributed by atoms with E-state index in [0.29, 0.717) is 6.10 Å². The number of fused-ring (bicyclic) bond motifs is 2. The maximum atomic E-state index is 6.09. The van der Waals surface area contributed by atoms with Gasteiger partial charge in [0.2, 0.25) is 0 Å². The summed E-state index contributed by atoms with van der Waals surface area (Å²) >= 11 is 0. The molecule has 2 unspecified atom stereocenters. The van der Waals surface area contributed by atoms with Crippen molar-refractivity contribution in [3.8, 4) is 0 Å². The third-order valence-electron chi connectivity index (χ3n) is 3.88. The lowest BCUT2D eigenvalue weighted by molar-refractivity contribution is -0.0566. The van der Waals surface area contributed by atoms with Gasteiger partial charge in [0.05, 0.1) is 11.7 Å². The van der Waals surface area contributed by atoms with Crippen molar-refractivity contribution in [2.24, 2.45) is 5.92 Å². The Balaban J connectivity index is 1.75. The minimum Gasteiger partial charge on any atom is -0.381 e. The largest absolute Gasteiger partial charge is 0.381 e. The van der Waals surface area contributed by atoms with Gasteiger partial charge in [0.25, 0.3) is 0 Å². The second kappa shape index (κ2) is 2.96. The summed E-state index contributed by atoms with van der Waals surface area (Å²) in [5, 5.41) is 0. The predicted molar refractivity (Wildman–Crippen MR) is 49.3 cm³/mol. The molecule has 0 spiro atoms. The van der Waals surface area contributed by atoms with Crippen molar-refractivity contribution >= 4 is 0 Å². The highest BCUT2D eigenvalue weighted by molar-refractivity contribution is 5.11. The Labute approximate surface area is 79.6 Å². The SMILES string of the molecule is [CH]1CC2CCC1(C1CCOCC1)O2. The van der Waals surface area contributed by atoms with E-state index in [-0.39, 0.29) is 5.60 Å². The molecule has 73 valence electrons. The van der Waals surface area contributed by atoms with Crippen molar-refractivity contribution < 1.29 is 9.47 Å². The third-order valence-corrected chi connectivity index (χ3v) is 3.88. The molecule has 0 aromatic rings. The van der Waals surface area contributed by atoms with Gasteiger partial charge in [-0.25, -0.2) is 0 Å². The first-order valence-electron chi connectivity index (χ1n) is 5.49. The van der Waals surface area contributed by atoms with Crippen LogP contribution >= 0.6 is 0 Å². The van der Waals surface area contributed by atoms with Gasteiger partial charge in [0.15, 0.2) is 0 Å². The molecule has 2 heteroatoms. The molecule has 3 heterocycles. The summed E-state index contributed by atoms with van der Waals surface area (Å²) in [7, 11) is 0. The fraction of sp³-hybridized carbons (Fsp3) is 0.909. The molecule has 0 aromatic carbocycles. The van der Waals surface area contributed by atoms with Gasteiger partial charge in [0.1, 0.15) is 0 Å². The maximum Gasteiger partial charge on any atom is 0.0749 e. The van der Waals surface area contributed by atoms with Crippen molar-refractivity contribution in [2.45, 2.75) is 43.8 Å². The van der Waals surface area contributed by atoms with Gasteiger partial charge in [-0.05, 0) is 44.4 Å². The van der Waals surface area contributed by atoms with E-state index in [1.54, 1.807) is 0 Å². The van der Waals surface area contributed by atoms with Crippen LogP contribution in [-0.4, -0.2) is 24.9 Å². The Bertz CT molecular complexity index is 188. The molecule has 0 N–H and O–H groups in total. The summed E-state index contributed by atoms with van der Waals surface area (Å²) in [5.41, 5.74) is 0.175. The van der Waals surface area contributed by atoms with Crippen LogP contribution in [0, 0.1) is 12.3 Å². The molecule has 3 fully saturated rings. The number of rotatable bonds is 1. The lowest BCUT2D eigenvalue weighted by Crippen LogP contribution is -2.38. The molecular formula is C11H17O2. The van der Waals surface area contributed by atoms with E-state index in [1.807, 2.05) is 0 Å². The third kappa shape index (κ3) is 1.23. The van der Waals surface area contributed by atoms with Gasteiger partial charge >= 0.3 is 0 Å². The summed E-state index contributed by atoms with van der Waals surface area (Å²) in [5.74, 6) is 0.744. The van der Waals surface area contributed by atoms with Crippen LogP contribution in [-0.2, 0) is 9.47 Å². The Morgan fingerprint density at radius 2 is 2.00 bits per heavy atom. The van der Waals surface area contributed by atoms with Crippen LogP contribution in [0.4, 0.5) is 0 Å². The van der Waals surface area contributed by atoms with Crippen molar-refractivity contribution in [1.29, 1.82) is 0 Å². The molecule has 3 rings (SSSR count). The predicted octanol–water partition coefficient (Wildman–Crippen LogP) is 1.94. The van der Waals surface area contributed by atoms with Crippen molar-refractivity contribution in [1.82, 2.24) is 0 Å². The zero-order chi connectivity index (χ0) is 8.73. The molecule has 2 bridgehead atoms. The monoisotopic (exact) mass is 181 g/mol. The van der Waals surface area contributed by atoms with E-state index in [4.69, 9.17) is 9.47 Å². The Hall–Kier alpha value is -0.0800. The standard InChI is InChI=1S/C11H17O2/c1-5-11(6-2-10(1)13-11)9-3-7-12-8-4-9/h5,9-10H,1-4,6-8H2. The van der Waals surface area contributed by atoms with Crippen molar-refractivity contribution in [2.75, 3.05) is 13.2 Å². The first-order valence-corrected chi connectivity index (χ1v) is 5.49. The first-order chi connectivity index (χ1) is 6.39. The zero-order valence-corrected chi connectivity index (χ0v) is 8.00. The number of hydrogen-bond donors (Lipinski definition) is 0. The molecule has 0 amide bonds.